The maximum absolute atomic E-state index is 11.2. The summed E-state index contributed by atoms with van der Waals surface area (Å²) in [5.74, 6) is -4.01. The Hall–Kier alpha value is -3.51. The number of azo groups is 1. The second kappa shape index (κ2) is 7.16. The van der Waals surface area contributed by atoms with Gasteiger partial charge in [0.25, 0.3) is 0 Å². The van der Waals surface area contributed by atoms with E-state index < -0.39 is 45.0 Å². The molecule has 0 spiro atoms. The minimum absolute atomic E-state index is 0.0185. The van der Waals surface area contributed by atoms with E-state index in [1.807, 2.05) is 0 Å². The minimum atomic E-state index is -4.91. The molecule has 0 bridgehead atoms. The largest absolute Gasteiger partial charge is 0.507 e. The number of nitrogens with zero attached hydrogens (tertiary/aromatic N) is 2. The van der Waals surface area contributed by atoms with E-state index >= 15 is 0 Å². The minimum Gasteiger partial charge on any atom is -0.507 e. The Morgan fingerprint density at radius 3 is 1.88 bits per heavy atom. The number of carbonyl (C=O) groups is 2. The van der Waals surface area contributed by atoms with Gasteiger partial charge < -0.3 is 19.5 Å². The van der Waals surface area contributed by atoms with E-state index in [0.717, 1.165) is 30.3 Å². The summed E-state index contributed by atoms with van der Waals surface area (Å²) in [5.41, 5.74) is -0.953. The Balaban J connectivity index is 2.37. The molecule has 0 radical (unpaired) electrons. The lowest BCUT2D eigenvalue weighted by molar-refractivity contribution is 0.0683. The number of phenols is 1. The third-order valence-electron chi connectivity index (χ3n) is 2.88. The van der Waals surface area contributed by atoms with Crippen LogP contribution in [0.3, 0.4) is 0 Å². The molecule has 0 atom stereocenters. The number of carboxylic acid groups (broad SMARTS) is 2. The van der Waals surface area contributed by atoms with E-state index in [4.69, 9.17) is 14.8 Å². The van der Waals surface area contributed by atoms with Gasteiger partial charge in [0.15, 0.2) is 5.75 Å². The number of aromatic carboxylic acids is 2. The fraction of sp³-hybridized carbons (Fsp3) is 0. The third-order valence-corrected chi connectivity index (χ3v) is 3.27. The molecule has 0 unspecified atom stereocenters. The van der Waals surface area contributed by atoms with Gasteiger partial charge in [-0.05, 0) is 36.4 Å². The molecule has 136 valence electrons. The lowest BCUT2D eigenvalue weighted by Crippen LogP contribution is -2.10. The zero-order valence-electron chi connectivity index (χ0n) is 12.6. The van der Waals surface area contributed by atoms with Gasteiger partial charge >= 0.3 is 22.3 Å². The lowest BCUT2D eigenvalue weighted by atomic mass is 10.2. The van der Waals surface area contributed by atoms with Crippen molar-refractivity contribution in [2.24, 2.45) is 10.2 Å². The standard InChI is InChI=1S/C14H10N2O9S/c17-11-3-1-7(5-9(11)13(18)19)15-16-8-2-4-12(25-26(22,23)24)10(6-8)14(20)21/h1-6,17H,(H,18,19)(H,20,21)(H,22,23,24). The molecular weight excluding hydrogens is 372 g/mol. The second-order valence-corrected chi connectivity index (χ2v) is 5.73. The van der Waals surface area contributed by atoms with Crippen LogP contribution in [0.1, 0.15) is 20.7 Å². The van der Waals surface area contributed by atoms with Gasteiger partial charge in [-0.2, -0.15) is 18.6 Å². The van der Waals surface area contributed by atoms with E-state index in [0.29, 0.717) is 0 Å². The van der Waals surface area contributed by atoms with Gasteiger partial charge in [-0.15, -0.1) is 0 Å². The molecule has 0 saturated heterocycles. The number of hydrogen-bond acceptors (Lipinski definition) is 8. The van der Waals surface area contributed by atoms with Crippen LogP contribution in [-0.2, 0) is 10.4 Å². The maximum Gasteiger partial charge on any atom is 0.446 e. The first-order chi connectivity index (χ1) is 12.1. The van der Waals surface area contributed by atoms with Gasteiger partial charge in [0.2, 0.25) is 0 Å². The molecule has 0 heterocycles. The van der Waals surface area contributed by atoms with Crippen molar-refractivity contribution in [3.8, 4) is 11.5 Å². The van der Waals surface area contributed by atoms with Crippen molar-refractivity contribution in [3.05, 3.63) is 47.5 Å². The molecule has 11 nitrogen and oxygen atoms in total. The summed E-state index contributed by atoms with van der Waals surface area (Å²) >= 11 is 0. The average Bonchev–Trinajstić information content (AvgIpc) is 2.53. The van der Waals surface area contributed by atoms with E-state index in [9.17, 15) is 23.1 Å². The van der Waals surface area contributed by atoms with Crippen LogP contribution >= 0.6 is 0 Å². The van der Waals surface area contributed by atoms with Crippen LogP contribution in [0.2, 0.25) is 0 Å². The predicted molar refractivity (Wildman–Crippen MR) is 84.8 cm³/mol. The molecule has 0 saturated carbocycles. The Morgan fingerprint density at radius 2 is 1.38 bits per heavy atom. The molecule has 2 aromatic rings. The van der Waals surface area contributed by atoms with E-state index in [1.54, 1.807) is 0 Å². The van der Waals surface area contributed by atoms with Crippen molar-refractivity contribution in [1.82, 2.24) is 0 Å². The Morgan fingerprint density at radius 1 is 0.885 bits per heavy atom. The number of carboxylic acids is 2. The van der Waals surface area contributed by atoms with Gasteiger partial charge in [-0.1, -0.05) is 0 Å². The second-order valence-electron chi connectivity index (χ2n) is 4.70. The molecule has 0 fully saturated rings. The Kier molecular flexibility index (Phi) is 5.19. The van der Waals surface area contributed by atoms with Gasteiger partial charge in [-0.3, -0.25) is 4.55 Å². The fourth-order valence-electron chi connectivity index (χ4n) is 1.81. The highest BCUT2D eigenvalue weighted by Crippen LogP contribution is 2.28. The number of aromatic hydroxyl groups is 1. The highest BCUT2D eigenvalue weighted by Gasteiger charge is 2.17. The van der Waals surface area contributed by atoms with Crippen molar-refractivity contribution in [2.45, 2.75) is 0 Å². The van der Waals surface area contributed by atoms with Gasteiger partial charge in [-0.25, -0.2) is 9.59 Å². The number of hydrogen-bond donors (Lipinski definition) is 4. The van der Waals surface area contributed by atoms with Crippen molar-refractivity contribution in [2.75, 3.05) is 0 Å². The van der Waals surface area contributed by atoms with Crippen molar-refractivity contribution >= 4 is 33.7 Å². The Bertz CT molecular complexity index is 1020. The summed E-state index contributed by atoms with van der Waals surface area (Å²) in [6, 6.07) is 6.47. The average molecular weight is 382 g/mol. The van der Waals surface area contributed by atoms with Crippen LogP contribution in [0.4, 0.5) is 11.4 Å². The van der Waals surface area contributed by atoms with Crippen molar-refractivity contribution in [3.63, 3.8) is 0 Å². The summed E-state index contributed by atoms with van der Waals surface area (Å²) < 4.78 is 34.2. The summed E-state index contributed by atoms with van der Waals surface area (Å²) in [5, 5.41) is 34.8. The van der Waals surface area contributed by atoms with Crippen LogP contribution < -0.4 is 4.18 Å². The van der Waals surface area contributed by atoms with Crippen LogP contribution in [-0.4, -0.2) is 40.2 Å². The highest BCUT2D eigenvalue weighted by atomic mass is 32.3. The SMILES string of the molecule is O=C(O)c1cc(N=Nc2ccc(OS(=O)(=O)O)c(C(=O)O)c2)ccc1O. The topological polar surface area (TPSA) is 183 Å². The molecule has 0 aliphatic rings. The van der Waals surface area contributed by atoms with Crippen molar-refractivity contribution < 1.29 is 42.1 Å². The van der Waals surface area contributed by atoms with Crippen LogP contribution in [0.5, 0.6) is 11.5 Å². The molecule has 26 heavy (non-hydrogen) atoms. The van der Waals surface area contributed by atoms with Crippen LogP contribution in [0, 0.1) is 0 Å². The molecular formula is C14H10N2O9S. The summed E-state index contributed by atoms with van der Waals surface area (Å²) in [4.78, 5) is 22.1. The molecule has 4 N–H and O–H groups in total. The van der Waals surface area contributed by atoms with Gasteiger partial charge in [0.05, 0.1) is 11.4 Å². The zero-order chi connectivity index (χ0) is 19.5. The monoisotopic (exact) mass is 382 g/mol. The van der Waals surface area contributed by atoms with E-state index in [1.165, 1.54) is 6.07 Å². The molecule has 2 aromatic carbocycles. The first-order valence-electron chi connectivity index (χ1n) is 6.59. The van der Waals surface area contributed by atoms with Gasteiger partial charge in [0.1, 0.15) is 16.9 Å². The summed E-state index contributed by atoms with van der Waals surface area (Å²) in [7, 11) is -4.91. The van der Waals surface area contributed by atoms with E-state index in [-0.39, 0.29) is 11.4 Å². The Labute approximate surface area is 145 Å². The number of benzene rings is 2. The fourth-order valence-corrected chi connectivity index (χ4v) is 2.18. The smallest absolute Gasteiger partial charge is 0.446 e. The molecule has 12 heteroatoms. The van der Waals surface area contributed by atoms with E-state index in [2.05, 4.69) is 14.4 Å². The molecule has 0 aromatic heterocycles. The summed E-state index contributed by atoms with van der Waals surface area (Å²) in [6.45, 7) is 0. The molecule has 0 aliphatic heterocycles. The first-order valence-corrected chi connectivity index (χ1v) is 7.95. The van der Waals surface area contributed by atoms with Crippen LogP contribution in [0.15, 0.2) is 46.6 Å². The predicted octanol–water partition coefficient (Wildman–Crippen LogP) is 2.39. The molecule has 0 amide bonds. The first kappa shape index (κ1) is 18.8. The van der Waals surface area contributed by atoms with Gasteiger partial charge in [0, 0.05) is 0 Å². The maximum atomic E-state index is 11.2. The lowest BCUT2D eigenvalue weighted by Gasteiger charge is -2.05. The third kappa shape index (κ3) is 4.75. The molecule has 0 aliphatic carbocycles. The van der Waals surface area contributed by atoms with Crippen LogP contribution in [0.25, 0.3) is 0 Å². The molecule has 2 rings (SSSR count). The highest BCUT2D eigenvalue weighted by molar-refractivity contribution is 7.81. The van der Waals surface area contributed by atoms with Crippen molar-refractivity contribution in [1.29, 1.82) is 0 Å². The quantitative estimate of drug-likeness (QED) is 0.430. The normalized spacial score (nSPS) is 11.4. The zero-order valence-corrected chi connectivity index (χ0v) is 13.4. The summed E-state index contributed by atoms with van der Waals surface area (Å²) in [6.07, 6.45) is 0. The number of rotatable bonds is 6.